The highest BCUT2D eigenvalue weighted by molar-refractivity contribution is 7.89. The Labute approximate surface area is 215 Å². The van der Waals surface area contributed by atoms with Crippen molar-refractivity contribution in [2.75, 3.05) is 11.4 Å². The highest BCUT2D eigenvalue weighted by Gasteiger charge is 2.42. The number of aryl methyl sites for hydroxylation is 3. The lowest BCUT2D eigenvalue weighted by molar-refractivity contribution is -0.121. The number of rotatable bonds is 6. The molecule has 186 valence electrons. The van der Waals surface area contributed by atoms with Crippen molar-refractivity contribution in [2.45, 2.75) is 51.1 Å². The van der Waals surface area contributed by atoms with Crippen molar-refractivity contribution in [2.24, 2.45) is 0 Å². The molecule has 1 amide bonds. The van der Waals surface area contributed by atoms with Crippen molar-refractivity contribution in [3.05, 3.63) is 83.2 Å². The Bertz CT molecular complexity index is 1480. The normalized spacial score (nSPS) is 16.5. The molecule has 1 aliphatic rings. The summed E-state index contributed by atoms with van der Waals surface area (Å²) in [6.45, 7) is 6.58. The Kier molecular flexibility index (Phi) is 6.63. The van der Waals surface area contributed by atoms with E-state index in [9.17, 15) is 13.2 Å². The van der Waals surface area contributed by atoms with Crippen LogP contribution >= 0.6 is 11.3 Å². The van der Waals surface area contributed by atoms with E-state index in [0.717, 1.165) is 32.5 Å². The number of benzene rings is 2. The third kappa shape index (κ3) is 4.66. The number of fused-ring (bicyclic) bond motifs is 1. The number of thiazole rings is 1. The molecule has 2 aromatic heterocycles. The minimum atomic E-state index is -3.82. The van der Waals surface area contributed by atoms with Crippen LogP contribution < -0.4 is 4.90 Å². The molecule has 4 aromatic rings. The third-order valence-electron chi connectivity index (χ3n) is 6.67. The minimum absolute atomic E-state index is 0.206. The van der Waals surface area contributed by atoms with Crippen molar-refractivity contribution < 1.29 is 13.2 Å². The van der Waals surface area contributed by atoms with Gasteiger partial charge in [0.2, 0.25) is 15.9 Å². The lowest BCUT2D eigenvalue weighted by Gasteiger charge is -2.28. The molecule has 0 bridgehead atoms. The van der Waals surface area contributed by atoms with Crippen molar-refractivity contribution in [1.82, 2.24) is 14.3 Å². The number of nitrogens with zero attached hydrogens (tertiary/aromatic N) is 4. The molecule has 1 saturated heterocycles. The number of hydrogen-bond donors (Lipinski definition) is 0. The first-order valence-electron chi connectivity index (χ1n) is 11.9. The van der Waals surface area contributed by atoms with Crippen LogP contribution in [0.15, 0.2) is 65.8 Å². The van der Waals surface area contributed by atoms with E-state index in [1.807, 2.05) is 32.0 Å². The second kappa shape index (κ2) is 9.72. The van der Waals surface area contributed by atoms with Gasteiger partial charge in [0.15, 0.2) is 5.13 Å². The van der Waals surface area contributed by atoms with E-state index in [-0.39, 0.29) is 17.3 Å². The highest BCUT2D eigenvalue weighted by Crippen LogP contribution is 2.34. The third-order valence-corrected chi connectivity index (χ3v) is 9.63. The summed E-state index contributed by atoms with van der Waals surface area (Å²) in [6.07, 6.45) is 4.50. The van der Waals surface area contributed by atoms with E-state index in [0.29, 0.717) is 24.5 Å². The van der Waals surface area contributed by atoms with Crippen LogP contribution in [0.25, 0.3) is 10.2 Å². The monoisotopic (exact) mass is 520 g/mol. The van der Waals surface area contributed by atoms with Crippen LogP contribution in [0.2, 0.25) is 0 Å². The Morgan fingerprint density at radius 2 is 1.86 bits per heavy atom. The van der Waals surface area contributed by atoms with Gasteiger partial charge in [-0.3, -0.25) is 14.7 Å². The van der Waals surface area contributed by atoms with Crippen LogP contribution in [0.1, 0.15) is 35.1 Å². The molecular weight excluding hydrogens is 492 g/mol. The summed E-state index contributed by atoms with van der Waals surface area (Å²) in [5.74, 6) is -0.264. The number of sulfonamides is 1. The van der Waals surface area contributed by atoms with Gasteiger partial charge in [0, 0.05) is 18.9 Å². The molecule has 0 radical (unpaired) electrons. The maximum atomic E-state index is 14.1. The molecule has 9 heteroatoms. The van der Waals surface area contributed by atoms with Crippen LogP contribution in [0, 0.1) is 20.8 Å². The molecule has 7 nitrogen and oxygen atoms in total. The zero-order valence-corrected chi connectivity index (χ0v) is 22.1. The van der Waals surface area contributed by atoms with E-state index >= 15 is 0 Å². The van der Waals surface area contributed by atoms with E-state index in [2.05, 4.69) is 18.0 Å². The molecule has 1 atom stereocenters. The molecule has 2 aromatic carbocycles. The van der Waals surface area contributed by atoms with E-state index < -0.39 is 16.1 Å². The summed E-state index contributed by atoms with van der Waals surface area (Å²) in [6, 6.07) is 13.8. The summed E-state index contributed by atoms with van der Waals surface area (Å²) < 4.78 is 29.4. The van der Waals surface area contributed by atoms with Gasteiger partial charge in [0.1, 0.15) is 6.04 Å². The highest BCUT2D eigenvalue weighted by atomic mass is 32.2. The zero-order chi connectivity index (χ0) is 25.4. The summed E-state index contributed by atoms with van der Waals surface area (Å²) in [4.78, 5) is 24.9. The van der Waals surface area contributed by atoms with E-state index in [4.69, 9.17) is 4.98 Å². The zero-order valence-electron chi connectivity index (χ0n) is 20.5. The number of carbonyl (C=O) groups excluding carboxylic acids is 1. The number of amides is 1. The number of carbonyl (C=O) groups is 1. The van der Waals surface area contributed by atoms with E-state index in [1.54, 1.807) is 41.6 Å². The molecule has 1 fully saturated rings. The van der Waals surface area contributed by atoms with Gasteiger partial charge >= 0.3 is 0 Å². The fourth-order valence-electron chi connectivity index (χ4n) is 4.50. The Morgan fingerprint density at radius 3 is 2.58 bits per heavy atom. The van der Waals surface area contributed by atoms with Gasteiger partial charge in [-0.2, -0.15) is 4.31 Å². The van der Waals surface area contributed by atoms with Crippen LogP contribution in [0.5, 0.6) is 0 Å². The fourth-order valence-corrected chi connectivity index (χ4v) is 7.20. The second-order valence-electron chi connectivity index (χ2n) is 9.27. The predicted octanol–water partition coefficient (Wildman–Crippen LogP) is 5.00. The second-order valence-corrected chi connectivity index (χ2v) is 12.2. The van der Waals surface area contributed by atoms with Gasteiger partial charge in [-0.1, -0.05) is 35.1 Å². The Morgan fingerprint density at radius 1 is 1.11 bits per heavy atom. The number of hydrogen-bond acceptors (Lipinski definition) is 6. The number of pyridine rings is 1. The summed E-state index contributed by atoms with van der Waals surface area (Å²) >= 11 is 1.45. The Balaban J connectivity index is 1.53. The van der Waals surface area contributed by atoms with Gasteiger partial charge in [-0.05, 0) is 80.6 Å². The lowest BCUT2D eigenvalue weighted by Crippen LogP contribution is -2.47. The molecular formula is C27H28N4O3S2. The Hall–Kier alpha value is -3.14. The summed E-state index contributed by atoms with van der Waals surface area (Å²) in [5, 5.41) is 0.559. The maximum Gasteiger partial charge on any atom is 0.247 e. The molecule has 0 N–H and O–H groups in total. The predicted molar refractivity (Wildman–Crippen MR) is 143 cm³/mol. The molecule has 0 aliphatic carbocycles. The number of aromatic nitrogens is 2. The smallest absolute Gasteiger partial charge is 0.247 e. The van der Waals surface area contributed by atoms with Crippen molar-refractivity contribution in [1.29, 1.82) is 0 Å². The van der Waals surface area contributed by atoms with Crippen LogP contribution in [0.4, 0.5) is 5.13 Å². The van der Waals surface area contributed by atoms with Gasteiger partial charge in [-0.15, -0.1) is 0 Å². The molecule has 0 saturated carbocycles. The van der Waals surface area contributed by atoms with Crippen LogP contribution in [0.3, 0.4) is 0 Å². The SMILES string of the molecule is Cc1ccc(S(=O)(=O)N2CCC[C@H]2C(=O)N(Cc2cccnc2)c2nc3cc(C)c(C)cc3s2)cc1. The van der Waals surface area contributed by atoms with Gasteiger partial charge < -0.3 is 0 Å². The topological polar surface area (TPSA) is 83.5 Å². The van der Waals surface area contributed by atoms with Crippen molar-refractivity contribution >= 4 is 42.6 Å². The molecule has 0 spiro atoms. The molecule has 0 unspecified atom stereocenters. The lowest BCUT2D eigenvalue weighted by atomic mass is 10.1. The standard InChI is InChI=1S/C27H28N4O3S2/c1-18-8-10-22(11-9-18)36(33,34)31-13-5-7-24(31)26(32)30(17-21-6-4-12-28-16-21)27-29-23-14-19(2)20(3)15-25(23)35-27/h4,6,8-12,14-16,24H,5,7,13,17H2,1-3H3/t24-/m0/s1. The first-order chi connectivity index (χ1) is 17.2. The first-order valence-corrected chi connectivity index (χ1v) is 14.2. The van der Waals surface area contributed by atoms with Crippen molar-refractivity contribution in [3.8, 4) is 0 Å². The largest absolute Gasteiger partial charge is 0.282 e. The van der Waals surface area contributed by atoms with Crippen LogP contribution in [-0.4, -0.2) is 41.2 Å². The maximum absolute atomic E-state index is 14.1. The quantitative estimate of drug-likeness (QED) is 0.357. The molecule has 5 rings (SSSR count). The van der Waals surface area contributed by atoms with Gasteiger partial charge in [-0.25, -0.2) is 13.4 Å². The summed E-state index contributed by atoms with van der Waals surface area (Å²) in [7, 11) is -3.82. The average Bonchev–Trinajstić information content (AvgIpc) is 3.51. The fraction of sp³-hybridized carbons (Fsp3) is 0.296. The summed E-state index contributed by atoms with van der Waals surface area (Å²) in [5.41, 5.74) is 4.96. The first kappa shape index (κ1) is 24.5. The van der Waals surface area contributed by atoms with Crippen molar-refractivity contribution in [3.63, 3.8) is 0 Å². The minimum Gasteiger partial charge on any atom is -0.282 e. The van der Waals surface area contributed by atoms with Gasteiger partial charge in [0.25, 0.3) is 0 Å². The average molecular weight is 521 g/mol. The molecule has 36 heavy (non-hydrogen) atoms. The van der Waals surface area contributed by atoms with Gasteiger partial charge in [0.05, 0.1) is 21.7 Å². The molecule has 1 aliphatic heterocycles. The van der Waals surface area contributed by atoms with E-state index in [1.165, 1.54) is 15.6 Å². The number of anilines is 1. The molecule has 3 heterocycles. The van der Waals surface area contributed by atoms with Crippen LogP contribution in [-0.2, 0) is 21.4 Å².